The summed E-state index contributed by atoms with van der Waals surface area (Å²) in [6.07, 6.45) is 3.43. The molecule has 2 N–H and O–H groups in total. The Morgan fingerprint density at radius 3 is 2.61 bits per heavy atom. The van der Waals surface area contributed by atoms with Crippen LogP contribution in [0.2, 0.25) is 0 Å². The summed E-state index contributed by atoms with van der Waals surface area (Å²) >= 11 is 0. The number of carbonyl (C=O) groups is 1. The molecule has 1 aliphatic rings. The van der Waals surface area contributed by atoms with Crippen LogP contribution in [0.3, 0.4) is 0 Å². The van der Waals surface area contributed by atoms with Crippen molar-refractivity contribution in [3.8, 4) is 0 Å². The Morgan fingerprint density at radius 2 is 2.11 bits per heavy atom. The third-order valence-corrected chi connectivity index (χ3v) is 3.58. The maximum atomic E-state index is 12.0. The van der Waals surface area contributed by atoms with Gasteiger partial charge in [-0.1, -0.05) is 34.1 Å². The van der Waals surface area contributed by atoms with Crippen molar-refractivity contribution in [2.24, 2.45) is 5.92 Å². The quantitative estimate of drug-likeness (QED) is 0.843. The lowest BCUT2D eigenvalue weighted by Crippen LogP contribution is -2.37. The molecule has 5 nitrogen and oxygen atoms in total. The molecule has 0 saturated heterocycles. The molecule has 0 radical (unpaired) electrons. The van der Waals surface area contributed by atoms with E-state index in [1.807, 2.05) is 20.8 Å². The third-order valence-electron chi connectivity index (χ3n) is 3.58. The highest BCUT2D eigenvalue weighted by atomic mass is 16.2. The normalized spacial score (nSPS) is 24.2. The van der Waals surface area contributed by atoms with Gasteiger partial charge < -0.3 is 5.32 Å². The van der Waals surface area contributed by atoms with E-state index in [9.17, 15) is 4.79 Å². The summed E-state index contributed by atoms with van der Waals surface area (Å²) in [5, 5.41) is 9.87. The number of hydrogen-bond acceptors (Lipinski definition) is 3. The number of nitrogens with one attached hydrogen (secondary N) is 2. The van der Waals surface area contributed by atoms with Crippen molar-refractivity contribution in [3.63, 3.8) is 0 Å². The first-order valence-corrected chi connectivity index (χ1v) is 6.61. The van der Waals surface area contributed by atoms with Crippen LogP contribution >= 0.6 is 0 Å². The predicted molar refractivity (Wildman–Crippen MR) is 69.4 cm³/mol. The van der Waals surface area contributed by atoms with E-state index in [2.05, 4.69) is 27.4 Å². The van der Waals surface area contributed by atoms with Crippen molar-refractivity contribution in [3.05, 3.63) is 11.6 Å². The van der Waals surface area contributed by atoms with E-state index in [0.717, 1.165) is 12.2 Å². The van der Waals surface area contributed by atoms with E-state index in [4.69, 9.17) is 0 Å². The number of carbonyl (C=O) groups excluding carboxylic acids is 1. The fraction of sp³-hybridized carbons (Fsp3) is 0.769. The molecule has 2 unspecified atom stereocenters. The molecule has 100 valence electrons. The van der Waals surface area contributed by atoms with Crippen LogP contribution in [-0.4, -0.2) is 27.1 Å². The summed E-state index contributed by atoms with van der Waals surface area (Å²) < 4.78 is 0. The van der Waals surface area contributed by atoms with Gasteiger partial charge in [0.05, 0.1) is 0 Å². The number of aromatic nitrogens is 3. The molecule has 1 heterocycles. The van der Waals surface area contributed by atoms with Crippen LogP contribution in [0, 0.1) is 5.92 Å². The van der Waals surface area contributed by atoms with Gasteiger partial charge in [0.25, 0.3) is 5.91 Å². The van der Waals surface area contributed by atoms with Gasteiger partial charge in [-0.15, -0.1) is 5.10 Å². The second kappa shape index (κ2) is 4.71. The molecule has 18 heavy (non-hydrogen) atoms. The SMILES string of the molecule is CC1CCCC1NC(=O)c1n[nH]c(C(C)(C)C)n1. The molecule has 2 atom stereocenters. The standard InChI is InChI=1S/C13H22N4O/c1-8-6-5-7-9(8)14-11(18)10-15-12(17-16-10)13(2,3)4/h8-9H,5-7H2,1-4H3,(H,14,18)(H,15,16,17). The van der Waals surface area contributed by atoms with Crippen LogP contribution in [-0.2, 0) is 5.41 Å². The molecule has 0 bridgehead atoms. The van der Waals surface area contributed by atoms with Gasteiger partial charge in [-0.2, -0.15) is 0 Å². The minimum Gasteiger partial charge on any atom is -0.346 e. The Labute approximate surface area is 108 Å². The van der Waals surface area contributed by atoms with Gasteiger partial charge in [0.15, 0.2) is 0 Å². The van der Waals surface area contributed by atoms with Crippen LogP contribution in [0.15, 0.2) is 0 Å². The average Bonchev–Trinajstić information content (AvgIpc) is 2.87. The van der Waals surface area contributed by atoms with E-state index < -0.39 is 0 Å². The summed E-state index contributed by atoms with van der Waals surface area (Å²) in [5.41, 5.74) is -0.119. The van der Waals surface area contributed by atoms with Gasteiger partial charge in [0.1, 0.15) is 5.82 Å². The number of nitrogens with zero attached hydrogens (tertiary/aromatic N) is 2. The first-order valence-electron chi connectivity index (χ1n) is 6.61. The second-order valence-electron chi connectivity index (χ2n) is 6.25. The monoisotopic (exact) mass is 250 g/mol. The molecule has 1 aliphatic carbocycles. The fourth-order valence-electron chi connectivity index (χ4n) is 2.29. The molecule has 1 aromatic rings. The lowest BCUT2D eigenvalue weighted by Gasteiger charge is -2.16. The van der Waals surface area contributed by atoms with Crippen LogP contribution in [0.4, 0.5) is 0 Å². The Bertz CT molecular complexity index is 432. The van der Waals surface area contributed by atoms with Crippen molar-refractivity contribution in [1.82, 2.24) is 20.5 Å². The van der Waals surface area contributed by atoms with Crippen molar-refractivity contribution in [1.29, 1.82) is 0 Å². The molecule has 1 aromatic heterocycles. The van der Waals surface area contributed by atoms with Crippen LogP contribution in [0.25, 0.3) is 0 Å². The van der Waals surface area contributed by atoms with Crippen LogP contribution in [0.1, 0.15) is 63.4 Å². The van der Waals surface area contributed by atoms with Gasteiger partial charge >= 0.3 is 0 Å². The Balaban J connectivity index is 2.03. The molecule has 1 saturated carbocycles. The zero-order valence-electron chi connectivity index (χ0n) is 11.6. The van der Waals surface area contributed by atoms with Crippen molar-refractivity contribution in [2.75, 3.05) is 0 Å². The second-order valence-corrected chi connectivity index (χ2v) is 6.25. The number of amides is 1. The van der Waals surface area contributed by atoms with Crippen molar-refractivity contribution < 1.29 is 4.79 Å². The highest BCUT2D eigenvalue weighted by molar-refractivity contribution is 5.90. The summed E-state index contributed by atoms with van der Waals surface area (Å²) in [6, 6.07) is 0.272. The van der Waals surface area contributed by atoms with Gasteiger partial charge in [-0.25, -0.2) is 4.98 Å². The van der Waals surface area contributed by atoms with Crippen LogP contribution < -0.4 is 5.32 Å². The third kappa shape index (κ3) is 2.71. The maximum Gasteiger partial charge on any atom is 0.291 e. The molecule has 1 amide bonds. The minimum absolute atomic E-state index is 0.119. The first-order chi connectivity index (χ1) is 8.38. The first kappa shape index (κ1) is 13.1. The molecule has 0 aromatic carbocycles. The number of aromatic amines is 1. The zero-order chi connectivity index (χ0) is 13.3. The molecular formula is C13H22N4O. The zero-order valence-corrected chi connectivity index (χ0v) is 11.6. The van der Waals surface area contributed by atoms with Gasteiger partial charge in [-0.05, 0) is 18.8 Å². The van der Waals surface area contributed by atoms with E-state index in [-0.39, 0.29) is 23.2 Å². The summed E-state index contributed by atoms with van der Waals surface area (Å²) in [5.74, 6) is 1.38. The molecule has 1 fully saturated rings. The molecule has 2 rings (SSSR count). The molecule has 0 spiro atoms. The Hall–Kier alpha value is -1.39. The van der Waals surface area contributed by atoms with Crippen molar-refractivity contribution in [2.45, 2.75) is 58.4 Å². The maximum absolute atomic E-state index is 12.0. The molecule has 5 heteroatoms. The van der Waals surface area contributed by atoms with E-state index >= 15 is 0 Å². The smallest absolute Gasteiger partial charge is 0.291 e. The minimum atomic E-state index is -0.166. The number of H-pyrrole nitrogens is 1. The van der Waals surface area contributed by atoms with E-state index in [1.165, 1.54) is 12.8 Å². The van der Waals surface area contributed by atoms with E-state index in [1.54, 1.807) is 0 Å². The lowest BCUT2D eigenvalue weighted by molar-refractivity contribution is 0.0919. The topological polar surface area (TPSA) is 70.7 Å². The van der Waals surface area contributed by atoms with Gasteiger partial charge in [0.2, 0.25) is 5.82 Å². The number of rotatable bonds is 2. The highest BCUT2D eigenvalue weighted by Gasteiger charge is 2.27. The molecule has 0 aliphatic heterocycles. The van der Waals surface area contributed by atoms with Crippen molar-refractivity contribution >= 4 is 5.91 Å². The van der Waals surface area contributed by atoms with E-state index in [0.29, 0.717) is 5.92 Å². The van der Waals surface area contributed by atoms with Gasteiger partial charge in [-0.3, -0.25) is 9.89 Å². The summed E-state index contributed by atoms with van der Waals surface area (Å²) in [6.45, 7) is 8.28. The number of hydrogen-bond donors (Lipinski definition) is 2. The Morgan fingerprint density at radius 1 is 1.39 bits per heavy atom. The molecular weight excluding hydrogens is 228 g/mol. The predicted octanol–water partition coefficient (Wildman–Crippen LogP) is 2.02. The fourth-order valence-corrected chi connectivity index (χ4v) is 2.29. The Kier molecular flexibility index (Phi) is 3.41. The summed E-state index contributed by atoms with van der Waals surface area (Å²) in [7, 11) is 0. The average molecular weight is 250 g/mol. The highest BCUT2D eigenvalue weighted by Crippen LogP contribution is 2.25. The van der Waals surface area contributed by atoms with Gasteiger partial charge in [0, 0.05) is 11.5 Å². The van der Waals surface area contributed by atoms with Crippen LogP contribution in [0.5, 0.6) is 0 Å². The lowest BCUT2D eigenvalue weighted by atomic mass is 9.96. The summed E-state index contributed by atoms with van der Waals surface area (Å²) in [4.78, 5) is 16.3. The largest absolute Gasteiger partial charge is 0.346 e.